The number of esters is 1. The van der Waals surface area contributed by atoms with Crippen LogP contribution in [0.25, 0.3) is 22.1 Å². The Bertz CT molecular complexity index is 1090. The van der Waals surface area contributed by atoms with Gasteiger partial charge in [-0.2, -0.15) is 4.98 Å². The van der Waals surface area contributed by atoms with Crippen molar-refractivity contribution in [3.8, 4) is 5.88 Å². The first-order chi connectivity index (χ1) is 12.2. The fourth-order valence-corrected chi connectivity index (χ4v) is 2.78. The summed E-state index contributed by atoms with van der Waals surface area (Å²) in [6, 6.07) is 11.4. The third kappa shape index (κ3) is 2.65. The first-order valence-electron chi connectivity index (χ1n) is 7.65. The molecule has 3 aromatic heterocycles. The molecule has 124 valence electrons. The van der Waals surface area contributed by atoms with Gasteiger partial charge in [0.2, 0.25) is 5.88 Å². The van der Waals surface area contributed by atoms with E-state index in [1.807, 2.05) is 30.3 Å². The molecule has 1 aromatic carbocycles. The third-order valence-corrected chi connectivity index (χ3v) is 3.94. The van der Waals surface area contributed by atoms with Crippen molar-refractivity contribution in [3.05, 3.63) is 59.5 Å². The van der Waals surface area contributed by atoms with Crippen LogP contribution in [0.5, 0.6) is 5.88 Å². The minimum atomic E-state index is -0.479. The molecule has 4 aromatic rings. The number of hydrogen-bond acceptors (Lipinski definition) is 6. The van der Waals surface area contributed by atoms with Gasteiger partial charge in [0, 0.05) is 12.6 Å². The van der Waals surface area contributed by atoms with Crippen molar-refractivity contribution >= 4 is 28.0 Å². The molecule has 3 heterocycles. The van der Waals surface area contributed by atoms with Gasteiger partial charge in [-0.15, -0.1) is 0 Å². The molecule has 0 bridgehead atoms. The zero-order chi connectivity index (χ0) is 17.4. The van der Waals surface area contributed by atoms with E-state index in [0.717, 1.165) is 5.56 Å². The van der Waals surface area contributed by atoms with E-state index in [-0.39, 0.29) is 5.88 Å². The smallest absolute Gasteiger partial charge is 0.339 e. The lowest BCUT2D eigenvalue weighted by Gasteiger charge is -2.02. The average molecular weight is 334 g/mol. The molecular weight excluding hydrogens is 320 g/mol. The van der Waals surface area contributed by atoms with Gasteiger partial charge in [0.15, 0.2) is 0 Å². The second-order valence-electron chi connectivity index (χ2n) is 5.59. The molecule has 0 aliphatic rings. The van der Waals surface area contributed by atoms with E-state index < -0.39 is 5.97 Å². The SMILES string of the molecule is COC(=O)c1cnc2c(c1)[nH]c1nc(Cc3ccccc3)nc(O)c12. The highest BCUT2D eigenvalue weighted by atomic mass is 16.5. The van der Waals surface area contributed by atoms with E-state index in [1.54, 1.807) is 6.07 Å². The number of carbonyl (C=O) groups excluding carboxylic acids is 1. The highest BCUT2D eigenvalue weighted by Crippen LogP contribution is 2.29. The van der Waals surface area contributed by atoms with E-state index in [0.29, 0.717) is 39.9 Å². The van der Waals surface area contributed by atoms with Crippen LogP contribution in [-0.4, -0.2) is 38.1 Å². The van der Waals surface area contributed by atoms with Crippen LogP contribution in [-0.2, 0) is 11.2 Å². The van der Waals surface area contributed by atoms with Crippen molar-refractivity contribution in [2.24, 2.45) is 0 Å². The predicted octanol–water partition coefficient (Wildman–Crippen LogP) is 2.59. The number of ether oxygens (including phenoxy) is 1. The van der Waals surface area contributed by atoms with Crippen molar-refractivity contribution in [3.63, 3.8) is 0 Å². The van der Waals surface area contributed by atoms with Gasteiger partial charge in [-0.05, 0) is 11.6 Å². The zero-order valence-electron chi connectivity index (χ0n) is 13.4. The summed E-state index contributed by atoms with van der Waals surface area (Å²) in [5.74, 6) is -0.121. The van der Waals surface area contributed by atoms with E-state index in [1.165, 1.54) is 13.3 Å². The van der Waals surface area contributed by atoms with Crippen LogP contribution in [0.2, 0.25) is 0 Å². The van der Waals surface area contributed by atoms with Crippen LogP contribution in [0, 0.1) is 0 Å². The Morgan fingerprint density at radius 3 is 2.80 bits per heavy atom. The summed E-state index contributed by atoms with van der Waals surface area (Å²) >= 11 is 0. The summed E-state index contributed by atoms with van der Waals surface area (Å²) in [6.45, 7) is 0. The Morgan fingerprint density at radius 1 is 1.24 bits per heavy atom. The fraction of sp³-hybridized carbons (Fsp3) is 0.111. The number of nitrogens with one attached hydrogen (secondary N) is 1. The van der Waals surface area contributed by atoms with Gasteiger partial charge in [0.1, 0.15) is 22.4 Å². The third-order valence-electron chi connectivity index (χ3n) is 3.94. The summed E-state index contributed by atoms with van der Waals surface area (Å²) in [5, 5.41) is 10.8. The minimum Gasteiger partial charge on any atom is -0.493 e. The fourth-order valence-electron chi connectivity index (χ4n) is 2.78. The second kappa shape index (κ2) is 5.86. The Balaban J connectivity index is 1.83. The summed E-state index contributed by atoms with van der Waals surface area (Å²) in [7, 11) is 1.31. The molecule has 7 heteroatoms. The topological polar surface area (TPSA) is 101 Å². The Morgan fingerprint density at radius 2 is 2.04 bits per heavy atom. The first kappa shape index (κ1) is 15.1. The molecule has 0 aliphatic carbocycles. The van der Waals surface area contributed by atoms with Crippen molar-refractivity contribution in [1.29, 1.82) is 0 Å². The van der Waals surface area contributed by atoms with Crippen molar-refractivity contribution < 1.29 is 14.6 Å². The number of nitrogens with zero attached hydrogens (tertiary/aromatic N) is 3. The predicted molar refractivity (Wildman–Crippen MR) is 91.4 cm³/mol. The number of rotatable bonds is 3. The van der Waals surface area contributed by atoms with Gasteiger partial charge in [-0.1, -0.05) is 30.3 Å². The number of benzene rings is 1. The monoisotopic (exact) mass is 334 g/mol. The summed E-state index contributed by atoms with van der Waals surface area (Å²) in [4.78, 5) is 27.6. The largest absolute Gasteiger partial charge is 0.493 e. The Labute approximate surface area is 142 Å². The van der Waals surface area contributed by atoms with Crippen molar-refractivity contribution in [2.75, 3.05) is 7.11 Å². The van der Waals surface area contributed by atoms with Crippen LogP contribution in [0.4, 0.5) is 0 Å². The van der Waals surface area contributed by atoms with E-state index in [4.69, 9.17) is 4.74 Å². The maximum absolute atomic E-state index is 11.6. The highest BCUT2D eigenvalue weighted by Gasteiger charge is 2.16. The Hall–Kier alpha value is -3.48. The van der Waals surface area contributed by atoms with Crippen LogP contribution in [0.3, 0.4) is 0 Å². The van der Waals surface area contributed by atoms with Gasteiger partial charge in [-0.3, -0.25) is 4.98 Å². The molecule has 0 amide bonds. The van der Waals surface area contributed by atoms with E-state index in [9.17, 15) is 9.90 Å². The van der Waals surface area contributed by atoms with Gasteiger partial charge in [0.25, 0.3) is 0 Å². The Kier molecular flexibility index (Phi) is 3.53. The van der Waals surface area contributed by atoms with E-state index >= 15 is 0 Å². The molecule has 0 spiro atoms. The van der Waals surface area contributed by atoms with Gasteiger partial charge in [-0.25, -0.2) is 9.78 Å². The highest BCUT2D eigenvalue weighted by molar-refractivity contribution is 6.07. The number of pyridine rings is 1. The van der Waals surface area contributed by atoms with Crippen LogP contribution >= 0.6 is 0 Å². The lowest BCUT2D eigenvalue weighted by atomic mass is 10.1. The summed E-state index contributed by atoms with van der Waals surface area (Å²) in [5.41, 5.74) is 2.93. The molecule has 0 unspecified atom stereocenters. The maximum atomic E-state index is 11.6. The average Bonchev–Trinajstić information content (AvgIpc) is 2.99. The van der Waals surface area contributed by atoms with Gasteiger partial charge in [0.05, 0.1) is 18.2 Å². The molecule has 0 saturated carbocycles. The van der Waals surface area contributed by atoms with Gasteiger partial charge >= 0.3 is 5.97 Å². The molecule has 25 heavy (non-hydrogen) atoms. The van der Waals surface area contributed by atoms with Crippen LogP contribution in [0.1, 0.15) is 21.7 Å². The molecule has 0 atom stereocenters. The first-order valence-corrected chi connectivity index (χ1v) is 7.65. The van der Waals surface area contributed by atoms with E-state index in [2.05, 4.69) is 19.9 Å². The van der Waals surface area contributed by atoms with Crippen molar-refractivity contribution in [1.82, 2.24) is 19.9 Å². The number of aromatic hydroxyl groups is 1. The number of methoxy groups -OCH3 is 1. The number of H-pyrrole nitrogens is 1. The lowest BCUT2D eigenvalue weighted by Crippen LogP contribution is -2.01. The molecule has 0 fully saturated rings. The summed E-state index contributed by atoms with van der Waals surface area (Å²) < 4.78 is 4.70. The number of aromatic nitrogens is 4. The molecule has 0 saturated heterocycles. The summed E-state index contributed by atoms with van der Waals surface area (Å²) in [6.07, 6.45) is 1.90. The normalized spacial score (nSPS) is 11.1. The maximum Gasteiger partial charge on any atom is 0.339 e. The molecule has 2 N–H and O–H groups in total. The number of aromatic amines is 1. The molecule has 0 aliphatic heterocycles. The van der Waals surface area contributed by atoms with Crippen LogP contribution < -0.4 is 0 Å². The zero-order valence-corrected chi connectivity index (χ0v) is 13.4. The number of fused-ring (bicyclic) bond motifs is 3. The number of hydrogen-bond donors (Lipinski definition) is 2. The lowest BCUT2D eigenvalue weighted by molar-refractivity contribution is 0.0600. The minimum absolute atomic E-state index is 0.138. The standard InChI is InChI=1S/C18H14N4O3/c1-25-18(24)11-8-12-15(19-9-11)14-16(20-12)21-13(22-17(14)23)7-10-5-3-2-4-6-10/h2-6,8-9H,7H2,1H3,(H2,20,21,22,23). The van der Waals surface area contributed by atoms with Gasteiger partial charge < -0.3 is 14.8 Å². The molecule has 7 nitrogen and oxygen atoms in total. The van der Waals surface area contributed by atoms with Crippen molar-refractivity contribution in [2.45, 2.75) is 6.42 Å². The van der Waals surface area contributed by atoms with Crippen LogP contribution in [0.15, 0.2) is 42.6 Å². The second-order valence-corrected chi connectivity index (χ2v) is 5.59. The molecule has 0 radical (unpaired) electrons. The molecule has 4 rings (SSSR count). The molecular formula is C18H14N4O3. The quantitative estimate of drug-likeness (QED) is 0.559. The number of carbonyl (C=O) groups is 1.